The predicted octanol–water partition coefficient (Wildman–Crippen LogP) is 2.88. The van der Waals surface area contributed by atoms with Gasteiger partial charge in [-0.15, -0.1) is 0 Å². The Bertz CT molecular complexity index is 545. The van der Waals surface area contributed by atoms with Crippen molar-refractivity contribution in [3.05, 3.63) is 29.8 Å². The first-order valence-corrected chi connectivity index (χ1v) is 7.54. The summed E-state index contributed by atoms with van der Waals surface area (Å²) in [5.41, 5.74) is -0.686. The number of benzene rings is 1. The first-order valence-electron chi connectivity index (χ1n) is 6.15. The molecule has 2 rings (SSSR count). The number of hydrogen-bond donors (Lipinski definition) is 1. The van der Waals surface area contributed by atoms with Crippen molar-refractivity contribution >= 4 is 29.4 Å². The molecule has 0 radical (unpaired) electrons. The van der Waals surface area contributed by atoms with Gasteiger partial charge in [0.2, 0.25) is 0 Å². The third kappa shape index (κ3) is 3.31. The number of imide groups is 1. The summed E-state index contributed by atoms with van der Waals surface area (Å²) in [5, 5.41) is 2.53. The van der Waals surface area contributed by atoms with Crippen molar-refractivity contribution in [2.45, 2.75) is 18.6 Å². The first kappa shape index (κ1) is 15.7. The van der Waals surface area contributed by atoms with E-state index in [1.165, 1.54) is 0 Å². The average molecular weight is 318 g/mol. The van der Waals surface area contributed by atoms with Crippen molar-refractivity contribution in [1.82, 2.24) is 5.32 Å². The van der Waals surface area contributed by atoms with Crippen molar-refractivity contribution < 1.29 is 22.8 Å². The summed E-state index contributed by atoms with van der Waals surface area (Å²) in [5.74, 6) is 0.270. The maximum atomic E-state index is 12.5. The van der Waals surface area contributed by atoms with Crippen LogP contribution in [0.3, 0.4) is 0 Å². The number of hydrogen-bond acceptors (Lipinski definition) is 3. The summed E-state index contributed by atoms with van der Waals surface area (Å²) in [6.07, 6.45) is -2.07. The van der Waals surface area contributed by atoms with Gasteiger partial charge in [-0.25, -0.2) is 9.69 Å². The maximum Gasteiger partial charge on any atom is 0.416 e. The minimum Gasteiger partial charge on any atom is -0.325 e. The Morgan fingerprint density at radius 1 is 1.24 bits per heavy atom. The van der Waals surface area contributed by atoms with Crippen LogP contribution in [0.15, 0.2) is 24.3 Å². The molecule has 114 valence electrons. The van der Waals surface area contributed by atoms with Crippen LogP contribution in [0.1, 0.15) is 12.0 Å². The third-order valence-corrected chi connectivity index (χ3v) is 3.73. The van der Waals surface area contributed by atoms with Crippen LogP contribution < -0.4 is 10.2 Å². The number of thioether (sulfide) groups is 1. The van der Waals surface area contributed by atoms with E-state index in [1.807, 2.05) is 6.26 Å². The number of carbonyl (C=O) groups excluding carboxylic acids is 2. The normalized spacial score (nSPS) is 19.0. The summed E-state index contributed by atoms with van der Waals surface area (Å²) >= 11 is 1.55. The van der Waals surface area contributed by atoms with Crippen molar-refractivity contribution in [2.24, 2.45) is 0 Å². The summed E-state index contributed by atoms with van der Waals surface area (Å²) in [6.45, 7) is 0. The highest BCUT2D eigenvalue weighted by Crippen LogP contribution is 2.31. The molecule has 1 heterocycles. The van der Waals surface area contributed by atoms with E-state index >= 15 is 0 Å². The lowest BCUT2D eigenvalue weighted by Gasteiger charge is -2.14. The molecule has 0 spiro atoms. The Morgan fingerprint density at radius 2 is 1.86 bits per heavy atom. The van der Waals surface area contributed by atoms with Crippen LogP contribution in [0.5, 0.6) is 0 Å². The van der Waals surface area contributed by atoms with Gasteiger partial charge in [0.05, 0.1) is 11.3 Å². The largest absolute Gasteiger partial charge is 0.416 e. The van der Waals surface area contributed by atoms with Crippen LogP contribution in [0.4, 0.5) is 23.7 Å². The molecule has 1 atom stereocenters. The van der Waals surface area contributed by atoms with Gasteiger partial charge in [-0.2, -0.15) is 24.9 Å². The van der Waals surface area contributed by atoms with Crippen molar-refractivity contribution in [1.29, 1.82) is 0 Å². The topological polar surface area (TPSA) is 49.4 Å². The molecule has 0 saturated carbocycles. The molecule has 1 aromatic carbocycles. The minimum atomic E-state index is -4.45. The second-order valence-corrected chi connectivity index (χ2v) is 5.49. The first-order chi connectivity index (χ1) is 9.84. The number of nitrogens with one attached hydrogen (secondary N) is 1. The smallest absolute Gasteiger partial charge is 0.325 e. The summed E-state index contributed by atoms with van der Waals surface area (Å²) in [4.78, 5) is 24.8. The van der Waals surface area contributed by atoms with E-state index in [1.54, 1.807) is 11.8 Å². The maximum absolute atomic E-state index is 12.5. The Balaban J connectivity index is 2.18. The number of carbonyl (C=O) groups is 2. The quantitative estimate of drug-likeness (QED) is 0.869. The van der Waals surface area contributed by atoms with Crippen molar-refractivity contribution in [3.8, 4) is 0 Å². The van der Waals surface area contributed by atoms with Crippen LogP contribution in [0.2, 0.25) is 0 Å². The minimum absolute atomic E-state index is 0.136. The van der Waals surface area contributed by atoms with E-state index in [0.717, 1.165) is 29.2 Å². The Labute approximate surface area is 123 Å². The van der Waals surface area contributed by atoms with Gasteiger partial charge >= 0.3 is 12.2 Å². The number of rotatable bonds is 4. The van der Waals surface area contributed by atoms with Gasteiger partial charge in [0, 0.05) is 0 Å². The summed E-state index contributed by atoms with van der Waals surface area (Å²) in [6, 6.07) is 2.73. The molecule has 1 N–H and O–H groups in total. The Kier molecular flexibility index (Phi) is 4.46. The second kappa shape index (κ2) is 5.97. The van der Waals surface area contributed by atoms with Gasteiger partial charge in [0.25, 0.3) is 5.91 Å². The summed E-state index contributed by atoms with van der Waals surface area (Å²) in [7, 11) is 0. The molecule has 0 bridgehead atoms. The molecule has 3 amide bonds. The molecule has 0 aromatic heterocycles. The average Bonchev–Trinajstić information content (AvgIpc) is 2.70. The Morgan fingerprint density at radius 3 is 2.38 bits per heavy atom. The fraction of sp³-hybridized carbons (Fsp3) is 0.385. The van der Waals surface area contributed by atoms with E-state index < -0.39 is 29.7 Å². The highest BCUT2D eigenvalue weighted by Gasteiger charge is 2.39. The molecule has 1 aliphatic rings. The number of urea groups is 1. The van der Waals surface area contributed by atoms with Crippen LogP contribution >= 0.6 is 11.8 Å². The van der Waals surface area contributed by atoms with E-state index in [2.05, 4.69) is 5.32 Å². The molecule has 1 aromatic rings. The van der Waals surface area contributed by atoms with Gasteiger partial charge in [-0.05, 0) is 42.7 Å². The molecular formula is C13H13F3N2O2S. The molecule has 21 heavy (non-hydrogen) atoms. The summed E-state index contributed by atoms with van der Waals surface area (Å²) < 4.78 is 37.5. The number of halogens is 3. The van der Waals surface area contributed by atoms with E-state index in [-0.39, 0.29) is 5.69 Å². The zero-order valence-electron chi connectivity index (χ0n) is 11.1. The molecule has 0 aliphatic carbocycles. The van der Waals surface area contributed by atoms with Gasteiger partial charge in [0.15, 0.2) is 0 Å². The molecule has 1 aliphatic heterocycles. The van der Waals surface area contributed by atoms with Gasteiger partial charge < -0.3 is 5.32 Å². The lowest BCUT2D eigenvalue weighted by molar-refractivity contribution is -0.137. The molecular weight excluding hydrogens is 305 g/mol. The fourth-order valence-electron chi connectivity index (χ4n) is 2.01. The predicted molar refractivity (Wildman–Crippen MR) is 74.2 cm³/mol. The molecule has 1 unspecified atom stereocenters. The van der Waals surface area contributed by atoms with Crippen LogP contribution in [-0.2, 0) is 11.0 Å². The lowest BCUT2D eigenvalue weighted by atomic mass is 10.1. The highest BCUT2D eigenvalue weighted by molar-refractivity contribution is 7.98. The van der Waals surface area contributed by atoms with Gasteiger partial charge in [0.1, 0.15) is 6.04 Å². The molecule has 4 nitrogen and oxygen atoms in total. The lowest BCUT2D eigenvalue weighted by Crippen LogP contribution is -2.31. The molecule has 1 saturated heterocycles. The van der Waals surface area contributed by atoms with Crippen LogP contribution in [-0.4, -0.2) is 30.0 Å². The van der Waals surface area contributed by atoms with E-state index in [9.17, 15) is 22.8 Å². The van der Waals surface area contributed by atoms with Crippen molar-refractivity contribution in [2.75, 3.05) is 16.9 Å². The van der Waals surface area contributed by atoms with Gasteiger partial charge in [-0.1, -0.05) is 0 Å². The van der Waals surface area contributed by atoms with Crippen LogP contribution in [0, 0.1) is 0 Å². The number of anilines is 1. The highest BCUT2D eigenvalue weighted by atomic mass is 32.2. The standard InChI is InChI=1S/C13H13F3N2O2S/c1-21-7-6-10-11(19)18(12(20)17-10)9-4-2-8(3-5-9)13(14,15)16/h2-5,10H,6-7H2,1H3,(H,17,20). The second-order valence-electron chi connectivity index (χ2n) is 4.50. The zero-order valence-corrected chi connectivity index (χ0v) is 11.9. The van der Waals surface area contributed by atoms with E-state index in [0.29, 0.717) is 12.2 Å². The number of nitrogens with zero attached hydrogens (tertiary/aromatic N) is 1. The monoisotopic (exact) mass is 318 g/mol. The van der Waals surface area contributed by atoms with Gasteiger partial charge in [-0.3, -0.25) is 4.79 Å². The molecule has 8 heteroatoms. The molecule has 1 fully saturated rings. The number of amides is 3. The SMILES string of the molecule is CSCCC1NC(=O)N(c2ccc(C(F)(F)F)cc2)C1=O. The third-order valence-electron chi connectivity index (χ3n) is 3.08. The zero-order chi connectivity index (χ0) is 15.6. The fourth-order valence-corrected chi connectivity index (χ4v) is 2.48. The van der Waals surface area contributed by atoms with Crippen molar-refractivity contribution in [3.63, 3.8) is 0 Å². The van der Waals surface area contributed by atoms with E-state index in [4.69, 9.17) is 0 Å². The Hall–Kier alpha value is -1.70. The number of alkyl halides is 3. The van der Waals surface area contributed by atoms with Crippen LogP contribution in [0.25, 0.3) is 0 Å².